The van der Waals surface area contributed by atoms with E-state index in [1.807, 2.05) is 0 Å². The van der Waals surface area contributed by atoms with Crippen molar-refractivity contribution < 1.29 is 12.9 Å². The van der Waals surface area contributed by atoms with Crippen molar-refractivity contribution >= 4 is 40.0 Å². The molecule has 2 fully saturated rings. The Balaban J connectivity index is 0.00000300. The Kier molecular flexibility index (Phi) is 9.67. The summed E-state index contributed by atoms with van der Waals surface area (Å²) in [6.45, 7) is 8.29. The van der Waals surface area contributed by atoms with Crippen LogP contribution in [0.1, 0.15) is 45.2 Å². The maximum atomic E-state index is 12.6. The van der Waals surface area contributed by atoms with Gasteiger partial charge in [0.15, 0.2) is 5.96 Å². The molecule has 0 atom stereocenters. The Morgan fingerprint density at radius 3 is 2.52 bits per heavy atom. The van der Waals surface area contributed by atoms with Crippen molar-refractivity contribution in [2.45, 2.75) is 45.3 Å². The molecule has 1 aliphatic heterocycles. The minimum Gasteiger partial charge on any atom is -0.364 e. The van der Waals surface area contributed by atoms with Crippen LogP contribution in [0, 0.1) is 11.8 Å². The van der Waals surface area contributed by atoms with Gasteiger partial charge in [0.25, 0.3) is 0 Å². The molecule has 0 radical (unpaired) electrons. The van der Waals surface area contributed by atoms with E-state index in [4.69, 9.17) is 9.52 Å². The van der Waals surface area contributed by atoms with Gasteiger partial charge >= 0.3 is 0 Å². The summed E-state index contributed by atoms with van der Waals surface area (Å²) in [4.78, 5) is 7.05. The largest absolute Gasteiger partial charge is 0.364 e. The van der Waals surface area contributed by atoms with Crippen molar-refractivity contribution in [3.8, 4) is 0 Å². The number of hydrogen-bond acceptors (Lipinski definition) is 5. The Bertz CT molecular complexity index is 725. The first-order valence-corrected chi connectivity index (χ1v) is 12.0. The number of sulfonamides is 1. The average molecular weight is 539 g/mol. The van der Waals surface area contributed by atoms with E-state index in [9.17, 15) is 8.42 Å². The molecule has 1 N–H and O–H groups in total. The molecular formula is C19H34IN5O3S. The van der Waals surface area contributed by atoms with Crippen LogP contribution in [0.25, 0.3) is 0 Å². The quantitative estimate of drug-likeness (QED) is 0.340. The highest BCUT2D eigenvalue weighted by molar-refractivity contribution is 14.0. The minimum atomic E-state index is -3.38. The predicted octanol–water partition coefficient (Wildman–Crippen LogP) is 2.53. The van der Waals surface area contributed by atoms with Gasteiger partial charge in [-0.25, -0.2) is 8.42 Å². The topological polar surface area (TPSA) is 91.0 Å². The van der Waals surface area contributed by atoms with Gasteiger partial charge in [-0.15, -0.1) is 24.0 Å². The molecule has 3 rings (SSSR count). The summed E-state index contributed by atoms with van der Waals surface area (Å²) in [6, 6.07) is 1.59. The van der Waals surface area contributed by atoms with E-state index in [2.05, 4.69) is 29.2 Å². The van der Waals surface area contributed by atoms with E-state index in [1.54, 1.807) is 10.4 Å². The second-order valence-corrected chi connectivity index (χ2v) is 9.92. The highest BCUT2D eigenvalue weighted by Gasteiger charge is 2.29. The number of aromatic nitrogens is 1. The van der Waals surface area contributed by atoms with Crippen LogP contribution in [0.15, 0.2) is 21.8 Å². The molecule has 1 aromatic heterocycles. The fourth-order valence-corrected chi connectivity index (χ4v) is 5.35. The molecule has 1 aliphatic carbocycles. The van der Waals surface area contributed by atoms with Crippen molar-refractivity contribution in [2.24, 2.45) is 16.8 Å². The Morgan fingerprint density at radius 1 is 1.24 bits per heavy atom. The van der Waals surface area contributed by atoms with E-state index < -0.39 is 10.0 Å². The van der Waals surface area contributed by atoms with Crippen LogP contribution in [-0.4, -0.2) is 68.0 Å². The molecule has 0 amide bonds. The van der Waals surface area contributed by atoms with Gasteiger partial charge in [0.2, 0.25) is 10.0 Å². The fraction of sp³-hybridized carbons (Fsp3) is 0.789. The molecule has 0 aromatic carbocycles. The molecule has 0 unspecified atom stereocenters. The van der Waals surface area contributed by atoms with Crippen LogP contribution in [0.5, 0.6) is 0 Å². The van der Waals surface area contributed by atoms with Crippen molar-refractivity contribution in [2.75, 3.05) is 39.3 Å². The van der Waals surface area contributed by atoms with Crippen LogP contribution in [-0.2, 0) is 15.8 Å². The number of aliphatic imine (C=N–C) groups is 1. The lowest BCUT2D eigenvalue weighted by molar-refractivity contribution is 0.257. The maximum absolute atomic E-state index is 12.6. The number of guanidine groups is 1. The average Bonchev–Trinajstić information content (AvgIpc) is 3.19. The smallest absolute Gasteiger partial charge is 0.220 e. The third-order valence-corrected chi connectivity index (χ3v) is 7.54. The molecule has 1 saturated heterocycles. The molecule has 8 nitrogen and oxygen atoms in total. The Labute approximate surface area is 191 Å². The van der Waals surface area contributed by atoms with Crippen LogP contribution in [0.4, 0.5) is 0 Å². The monoisotopic (exact) mass is 539 g/mol. The second-order valence-electron chi connectivity index (χ2n) is 7.95. The van der Waals surface area contributed by atoms with E-state index in [0.29, 0.717) is 37.8 Å². The molecule has 0 spiro atoms. The summed E-state index contributed by atoms with van der Waals surface area (Å²) in [7, 11) is -3.38. The first-order valence-electron chi connectivity index (χ1n) is 10.4. The summed E-state index contributed by atoms with van der Waals surface area (Å²) >= 11 is 0. The van der Waals surface area contributed by atoms with E-state index in [0.717, 1.165) is 25.0 Å². The van der Waals surface area contributed by atoms with Gasteiger partial charge in [0.05, 0.1) is 5.69 Å². The van der Waals surface area contributed by atoms with Crippen LogP contribution in [0.3, 0.4) is 0 Å². The molecule has 1 saturated carbocycles. The van der Waals surface area contributed by atoms with E-state index in [1.165, 1.54) is 31.9 Å². The molecular weight excluding hydrogens is 505 g/mol. The van der Waals surface area contributed by atoms with Crippen LogP contribution >= 0.6 is 24.0 Å². The van der Waals surface area contributed by atoms with E-state index >= 15 is 0 Å². The molecule has 0 bridgehead atoms. The van der Waals surface area contributed by atoms with Gasteiger partial charge < -0.3 is 14.7 Å². The normalized spacial score (nSPS) is 24.2. The first-order chi connectivity index (χ1) is 13.5. The van der Waals surface area contributed by atoms with Gasteiger partial charge in [-0.2, -0.15) is 4.31 Å². The minimum absolute atomic E-state index is 0. The summed E-state index contributed by atoms with van der Waals surface area (Å²) in [6.07, 6.45) is 6.53. The second kappa shape index (κ2) is 11.5. The molecule has 2 heterocycles. The SMILES string of the molecule is CCNC(=NCC1CCC(C)CC1)N1CCN(S(=O)(=O)Cc2ccon2)CC1.I. The summed E-state index contributed by atoms with van der Waals surface area (Å²) in [5.41, 5.74) is 0.444. The number of hydrogen-bond donors (Lipinski definition) is 1. The summed E-state index contributed by atoms with van der Waals surface area (Å²) < 4.78 is 31.5. The van der Waals surface area contributed by atoms with Gasteiger partial charge in [0.1, 0.15) is 12.0 Å². The lowest BCUT2D eigenvalue weighted by atomic mass is 9.83. The van der Waals surface area contributed by atoms with Crippen molar-refractivity contribution in [1.29, 1.82) is 0 Å². The highest BCUT2D eigenvalue weighted by atomic mass is 127. The molecule has 166 valence electrons. The number of piperazine rings is 1. The zero-order chi connectivity index (χ0) is 20.0. The molecule has 1 aromatic rings. The third kappa shape index (κ3) is 7.09. The predicted molar refractivity (Wildman–Crippen MR) is 125 cm³/mol. The molecule has 2 aliphatic rings. The van der Waals surface area contributed by atoms with Crippen molar-refractivity contribution in [3.05, 3.63) is 18.0 Å². The summed E-state index contributed by atoms with van der Waals surface area (Å²) in [5.74, 6) is 2.32. The van der Waals surface area contributed by atoms with Crippen LogP contribution in [0.2, 0.25) is 0 Å². The lowest BCUT2D eigenvalue weighted by Crippen LogP contribution is -2.54. The standard InChI is InChI=1S/C19H33N5O3S.HI/c1-3-20-19(21-14-17-6-4-16(2)5-7-17)23-9-11-24(12-10-23)28(25,26)15-18-8-13-27-22-18;/h8,13,16-17H,3-7,9-12,14-15H2,1-2H3,(H,20,21);1H. The number of nitrogens with one attached hydrogen (secondary N) is 1. The zero-order valence-corrected chi connectivity index (χ0v) is 20.6. The molecule has 10 heteroatoms. The van der Waals surface area contributed by atoms with Gasteiger partial charge in [-0.3, -0.25) is 4.99 Å². The number of halogens is 1. The maximum Gasteiger partial charge on any atom is 0.220 e. The first kappa shape index (κ1) is 24.4. The van der Waals surface area contributed by atoms with Gasteiger partial charge in [-0.05, 0) is 31.6 Å². The van der Waals surface area contributed by atoms with Gasteiger partial charge in [-0.1, -0.05) is 24.9 Å². The third-order valence-electron chi connectivity index (χ3n) is 5.72. The highest BCUT2D eigenvalue weighted by Crippen LogP contribution is 2.28. The molecule has 29 heavy (non-hydrogen) atoms. The lowest BCUT2D eigenvalue weighted by Gasteiger charge is -2.36. The zero-order valence-electron chi connectivity index (χ0n) is 17.4. The Morgan fingerprint density at radius 2 is 1.93 bits per heavy atom. The van der Waals surface area contributed by atoms with E-state index in [-0.39, 0.29) is 29.7 Å². The summed E-state index contributed by atoms with van der Waals surface area (Å²) in [5, 5.41) is 7.09. The van der Waals surface area contributed by atoms with Crippen LogP contribution < -0.4 is 5.32 Å². The van der Waals surface area contributed by atoms with Gasteiger partial charge in [0, 0.05) is 45.3 Å². The van der Waals surface area contributed by atoms with Crippen molar-refractivity contribution in [3.63, 3.8) is 0 Å². The number of nitrogens with zero attached hydrogens (tertiary/aromatic N) is 4. The fourth-order valence-electron chi connectivity index (χ4n) is 3.92. The number of rotatable bonds is 6. The van der Waals surface area contributed by atoms with Crippen molar-refractivity contribution in [1.82, 2.24) is 19.7 Å². The Hall–Kier alpha value is -0.880.